The highest BCUT2D eigenvalue weighted by Crippen LogP contribution is 2.15. The van der Waals surface area contributed by atoms with Crippen LogP contribution >= 0.6 is 0 Å². The second-order valence-corrected chi connectivity index (χ2v) is 5.66. The van der Waals surface area contributed by atoms with Crippen molar-refractivity contribution in [2.45, 2.75) is 38.8 Å². The molecule has 0 saturated carbocycles. The van der Waals surface area contributed by atoms with Crippen LogP contribution in [0.15, 0.2) is 12.1 Å². The Morgan fingerprint density at radius 3 is 2.24 bits per heavy atom. The second kappa shape index (κ2) is 6.80. The third kappa shape index (κ3) is 5.63. The summed E-state index contributed by atoms with van der Waals surface area (Å²) in [6.45, 7) is 5.15. The predicted octanol–water partition coefficient (Wildman–Crippen LogP) is 2.50. The third-order valence-electron chi connectivity index (χ3n) is 2.53. The van der Waals surface area contributed by atoms with Gasteiger partial charge in [0.2, 0.25) is 0 Å². The smallest absolute Gasteiger partial charge is 0.407 e. The number of alkyl carbamates (subject to hydrolysis) is 1. The minimum absolute atomic E-state index is 0.0415. The van der Waals surface area contributed by atoms with E-state index in [1.165, 1.54) is 0 Å². The molecule has 0 aliphatic heterocycles. The van der Waals surface area contributed by atoms with Crippen LogP contribution < -0.4 is 11.1 Å². The van der Waals surface area contributed by atoms with Crippen molar-refractivity contribution in [2.75, 3.05) is 6.54 Å². The summed E-state index contributed by atoms with van der Waals surface area (Å²) in [5, 5.41) is 2.50. The van der Waals surface area contributed by atoms with Gasteiger partial charge in [-0.05, 0) is 44.9 Å². The Bertz CT molecular complexity index is 492. The van der Waals surface area contributed by atoms with E-state index in [1.54, 1.807) is 20.8 Å². The van der Waals surface area contributed by atoms with Crippen LogP contribution in [0.4, 0.5) is 18.0 Å². The number of rotatable bonds is 4. The fraction of sp³-hybridized carbons (Fsp3) is 0.500. The highest BCUT2D eigenvalue weighted by atomic mass is 19.2. The largest absolute Gasteiger partial charge is 0.444 e. The number of amides is 1. The number of carbonyl (C=O) groups is 1. The first-order chi connectivity index (χ1) is 9.62. The summed E-state index contributed by atoms with van der Waals surface area (Å²) < 4.78 is 44.2. The third-order valence-corrected chi connectivity index (χ3v) is 2.53. The van der Waals surface area contributed by atoms with E-state index in [9.17, 15) is 18.0 Å². The average Bonchev–Trinajstić information content (AvgIpc) is 2.32. The van der Waals surface area contributed by atoms with Gasteiger partial charge in [0.15, 0.2) is 17.5 Å². The first-order valence-corrected chi connectivity index (χ1v) is 6.45. The van der Waals surface area contributed by atoms with Crippen molar-refractivity contribution in [1.82, 2.24) is 5.32 Å². The number of hydrogen-bond donors (Lipinski definition) is 2. The number of ether oxygens (including phenoxy) is 1. The molecule has 0 fully saturated rings. The predicted molar refractivity (Wildman–Crippen MR) is 72.2 cm³/mol. The fourth-order valence-corrected chi connectivity index (χ4v) is 1.68. The number of nitrogens with two attached hydrogens (primary N) is 1. The SMILES string of the molecule is CC(C)(C)OC(=O)NC(CN)Cc1cc(F)c(F)c(F)c1. The van der Waals surface area contributed by atoms with Crippen LogP contribution in [-0.4, -0.2) is 24.3 Å². The number of carbonyl (C=O) groups excluding carboxylic acids is 1. The molecule has 1 amide bonds. The van der Waals surface area contributed by atoms with Gasteiger partial charge in [-0.25, -0.2) is 18.0 Å². The zero-order valence-electron chi connectivity index (χ0n) is 12.2. The molecule has 7 heteroatoms. The van der Waals surface area contributed by atoms with Crippen molar-refractivity contribution in [3.8, 4) is 0 Å². The van der Waals surface area contributed by atoms with Gasteiger partial charge in [-0.3, -0.25) is 0 Å². The van der Waals surface area contributed by atoms with E-state index in [4.69, 9.17) is 10.5 Å². The van der Waals surface area contributed by atoms with E-state index < -0.39 is 35.2 Å². The van der Waals surface area contributed by atoms with Crippen LogP contribution in [0, 0.1) is 17.5 Å². The molecule has 0 saturated heterocycles. The molecule has 4 nitrogen and oxygen atoms in total. The molecule has 0 aliphatic carbocycles. The van der Waals surface area contributed by atoms with Crippen molar-refractivity contribution >= 4 is 6.09 Å². The normalized spacial score (nSPS) is 12.9. The standard InChI is InChI=1S/C14H19F3N2O2/c1-14(2,3)21-13(20)19-9(7-18)4-8-5-10(15)12(17)11(16)6-8/h5-6,9H,4,7,18H2,1-3H3,(H,19,20). The Labute approximate surface area is 121 Å². The zero-order chi connectivity index (χ0) is 16.2. The van der Waals surface area contributed by atoms with E-state index in [1.807, 2.05) is 0 Å². The summed E-state index contributed by atoms with van der Waals surface area (Å²) >= 11 is 0. The highest BCUT2D eigenvalue weighted by molar-refractivity contribution is 5.68. The first kappa shape index (κ1) is 17.3. The Morgan fingerprint density at radius 2 is 1.81 bits per heavy atom. The Morgan fingerprint density at radius 1 is 1.29 bits per heavy atom. The second-order valence-electron chi connectivity index (χ2n) is 5.66. The van der Waals surface area contributed by atoms with Crippen LogP contribution in [0.25, 0.3) is 0 Å². The summed E-state index contributed by atoms with van der Waals surface area (Å²) in [4.78, 5) is 11.6. The molecule has 0 aliphatic rings. The van der Waals surface area contributed by atoms with Gasteiger partial charge >= 0.3 is 6.09 Å². The number of halogens is 3. The van der Waals surface area contributed by atoms with Crippen LogP contribution in [0.3, 0.4) is 0 Å². The van der Waals surface area contributed by atoms with Crippen LogP contribution in [-0.2, 0) is 11.2 Å². The minimum Gasteiger partial charge on any atom is -0.444 e. The maximum atomic E-state index is 13.1. The maximum Gasteiger partial charge on any atom is 0.407 e. The lowest BCUT2D eigenvalue weighted by atomic mass is 10.1. The lowest BCUT2D eigenvalue weighted by Gasteiger charge is -2.23. The number of nitrogens with one attached hydrogen (secondary N) is 1. The molecule has 3 N–H and O–H groups in total. The Hall–Kier alpha value is -1.76. The quantitative estimate of drug-likeness (QED) is 0.840. The summed E-state index contributed by atoms with van der Waals surface area (Å²) in [7, 11) is 0. The molecule has 1 rings (SSSR count). The monoisotopic (exact) mass is 304 g/mol. The summed E-state index contributed by atoms with van der Waals surface area (Å²) in [5.41, 5.74) is 5.03. The lowest BCUT2D eigenvalue weighted by molar-refractivity contribution is 0.0506. The highest BCUT2D eigenvalue weighted by Gasteiger charge is 2.20. The first-order valence-electron chi connectivity index (χ1n) is 6.45. The van der Waals surface area contributed by atoms with Gasteiger partial charge in [-0.2, -0.15) is 0 Å². The summed E-state index contributed by atoms with van der Waals surface area (Å²) in [6.07, 6.45) is -0.620. The fourth-order valence-electron chi connectivity index (χ4n) is 1.68. The van der Waals surface area contributed by atoms with E-state index in [-0.39, 0.29) is 18.5 Å². The van der Waals surface area contributed by atoms with Crippen LogP contribution in [0.5, 0.6) is 0 Å². The van der Waals surface area contributed by atoms with Gasteiger partial charge < -0.3 is 15.8 Å². The lowest BCUT2D eigenvalue weighted by Crippen LogP contribution is -2.44. The van der Waals surface area contributed by atoms with Gasteiger partial charge in [-0.15, -0.1) is 0 Å². The molecule has 1 aromatic rings. The molecule has 0 aromatic heterocycles. The molecule has 118 valence electrons. The molecular formula is C14H19F3N2O2. The van der Waals surface area contributed by atoms with Gasteiger partial charge in [-0.1, -0.05) is 0 Å². The van der Waals surface area contributed by atoms with Crippen molar-refractivity contribution in [3.63, 3.8) is 0 Å². The summed E-state index contributed by atoms with van der Waals surface area (Å²) in [6, 6.07) is 1.17. The van der Waals surface area contributed by atoms with Crippen molar-refractivity contribution in [2.24, 2.45) is 5.73 Å². The van der Waals surface area contributed by atoms with E-state index in [0.29, 0.717) is 0 Å². The van der Waals surface area contributed by atoms with Gasteiger partial charge in [0, 0.05) is 12.6 Å². The molecule has 1 unspecified atom stereocenters. The molecule has 1 atom stereocenters. The topological polar surface area (TPSA) is 64.3 Å². The molecule has 0 spiro atoms. The van der Waals surface area contributed by atoms with Crippen molar-refractivity contribution in [3.05, 3.63) is 35.1 Å². The number of benzene rings is 1. The maximum absolute atomic E-state index is 13.1. The van der Waals surface area contributed by atoms with E-state index >= 15 is 0 Å². The van der Waals surface area contributed by atoms with E-state index in [2.05, 4.69) is 5.32 Å². The van der Waals surface area contributed by atoms with Crippen LogP contribution in [0.1, 0.15) is 26.3 Å². The van der Waals surface area contributed by atoms with Crippen molar-refractivity contribution < 1.29 is 22.7 Å². The molecule has 21 heavy (non-hydrogen) atoms. The van der Waals surface area contributed by atoms with E-state index in [0.717, 1.165) is 12.1 Å². The average molecular weight is 304 g/mol. The minimum atomic E-state index is -1.52. The van der Waals surface area contributed by atoms with Crippen molar-refractivity contribution in [1.29, 1.82) is 0 Å². The molecule has 0 radical (unpaired) electrons. The van der Waals surface area contributed by atoms with Gasteiger partial charge in [0.25, 0.3) is 0 Å². The molecule has 0 bridgehead atoms. The molecular weight excluding hydrogens is 285 g/mol. The summed E-state index contributed by atoms with van der Waals surface area (Å²) in [5.74, 6) is -4.08. The zero-order valence-corrected chi connectivity index (χ0v) is 12.2. The Kier molecular flexibility index (Phi) is 5.60. The van der Waals surface area contributed by atoms with Crippen LogP contribution in [0.2, 0.25) is 0 Å². The number of hydrogen-bond acceptors (Lipinski definition) is 3. The van der Waals surface area contributed by atoms with Gasteiger partial charge in [0.05, 0.1) is 0 Å². The molecule has 1 aromatic carbocycles. The van der Waals surface area contributed by atoms with Gasteiger partial charge in [0.1, 0.15) is 5.60 Å². The Balaban J connectivity index is 2.72. The molecule has 0 heterocycles.